The molecule has 0 bridgehead atoms. The molecule has 0 aliphatic heterocycles. The number of amides is 3. The van der Waals surface area contributed by atoms with Crippen molar-refractivity contribution in [1.29, 1.82) is 0 Å². The van der Waals surface area contributed by atoms with Crippen LogP contribution in [0.25, 0.3) is 0 Å². The first-order valence-corrected chi connectivity index (χ1v) is 13.4. The molecule has 0 aromatic heterocycles. The summed E-state index contributed by atoms with van der Waals surface area (Å²) in [4.78, 5) is 36.9. The van der Waals surface area contributed by atoms with Gasteiger partial charge in [0.1, 0.15) is 6.04 Å². The lowest BCUT2D eigenvalue weighted by atomic mass is 10.1. The van der Waals surface area contributed by atoms with Gasteiger partial charge in [-0.1, -0.05) is 91.4 Å². The molecule has 0 aromatic carbocycles. The maximum atomic E-state index is 12.5. The van der Waals surface area contributed by atoms with Gasteiger partial charge in [0, 0.05) is 25.9 Å². The molecule has 6 nitrogen and oxygen atoms in total. The molecule has 0 aliphatic carbocycles. The van der Waals surface area contributed by atoms with Crippen LogP contribution < -0.4 is 16.0 Å². The van der Waals surface area contributed by atoms with E-state index in [2.05, 4.69) is 36.7 Å². The molecule has 3 N–H and O–H groups in total. The summed E-state index contributed by atoms with van der Waals surface area (Å²) in [5.74, 6) is -0.336. The Morgan fingerprint density at radius 2 is 1.06 bits per heavy atom. The van der Waals surface area contributed by atoms with Crippen LogP contribution in [0.2, 0.25) is 0 Å². The first-order chi connectivity index (χ1) is 15.5. The molecule has 0 saturated heterocycles. The number of carbonyl (C=O) groups is 3. The van der Waals surface area contributed by atoms with Crippen LogP contribution in [-0.2, 0) is 14.4 Å². The van der Waals surface area contributed by atoms with Crippen LogP contribution in [0.5, 0.6) is 0 Å². The summed E-state index contributed by atoms with van der Waals surface area (Å²) in [5, 5.41) is 8.63. The standard InChI is InChI=1S/C26H51N3O3/c1-4-7-10-11-12-13-14-15-16-17-18-25(31)29-23(26(32)28-22-9-6-3)19-20-24(30)27-21-8-5-2/h23H,4-22H2,1-3H3,(H,27,30)(H,28,32)(H,29,31)/t23-/m0/s1. The Balaban J connectivity index is 4.18. The van der Waals surface area contributed by atoms with E-state index in [1.54, 1.807) is 0 Å². The molecule has 32 heavy (non-hydrogen) atoms. The Kier molecular flexibility index (Phi) is 21.5. The number of nitrogens with one attached hydrogen (secondary N) is 3. The minimum atomic E-state index is -0.639. The van der Waals surface area contributed by atoms with Crippen molar-refractivity contribution in [3.8, 4) is 0 Å². The van der Waals surface area contributed by atoms with Crippen molar-refractivity contribution < 1.29 is 14.4 Å². The fraction of sp³-hybridized carbons (Fsp3) is 0.885. The van der Waals surface area contributed by atoms with E-state index in [0.717, 1.165) is 38.5 Å². The first-order valence-electron chi connectivity index (χ1n) is 13.4. The molecule has 0 saturated carbocycles. The number of carbonyl (C=O) groups excluding carboxylic acids is 3. The van der Waals surface area contributed by atoms with E-state index in [1.165, 1.54) is 51.4 Å². The quantitative estimate of drug-likeness (QED) is 0.192. The highest BCUT2D eigenvalue weighted by molar-refractivity contribution is 5.88. The summed E-state index contributed by atoms with van der Waals surface area (Å²) in [6.45, 7) is 7.64. The summed E-state index contributed by atoms with van der Waals surface area (Å²) in [5.41, 5.74) is 0. The van der Waals surface area contributed by atoms with Crippen molar-refractivity contribution >= 4 is 17.7 Å². The molecule has 0 heterocycles. The lowest BCUT2D eigenvalue weighted by Gasteiger charge is -2.18. The second-order valence-electron chi connectivity index (χ2n) is 8.94. The highest BCUT2D eigenvalue weighted by Crippen LogP contribution is 2.11. The van der Waals surface area contributed by atoms with Gasteiger partial charge < -0.3 is 16.0 Å². The van der Waals surface area contributed by atoms with Gasteiger partial charge in [-0.3, -0.25) is 14.4 Å². The third-order valence-electron chi connectivity index (χ3n) is 5.75. The fourth-order valence-electron chi connectivity index (χ4n) is 3.59. The molecule has 0 aliphatic rings. The fourth-order valence-corrected chi connectivity index (χ4v) is 3.59. The third-order valence-corrected chi connectivity index (χ3v) is 5.75. The highest BCUT2D eigenvalue weighted by Gasteiger charge is 2.21. The normalized spacial score (nSPS) is 11.7. The molecule has 0 spiro atoms. The van der Waals surface area contributed by atoms with Crippen molar-refractivity contribution in [2.45, 2.75) is 136 Å². The Morgan fingerprint density at radius 1 is 0.562 bits per heavy atom. The second kappa shape index (κ2) is 22.6. The van der Waals surface area contributed by atoms with E-state index in [-0.39, 0.29) is 24.1 Å². The van der Waals surface area contributed by atoms with Gasteiger partial charge in [0.15, 0.2) is 0 Å². The van der Waals surface area contributed by atoms with Gasteiger partial charge in [0.2, 0.25) is 17.7 Å². The van der Waals surface area contributed by atoms with Crippen molar-refractivity contribution in [3.63, 3.8) is 0 Å². The predicted molar refractivity (Wildman–Crippen MR) is 133 cm³/mol. The van der Waals surface area contributed by atoms with E-state index in [4.69, 9.17) is 0 Å². The average Bonchev–Trinajstić information content (AvgIpc) is 2.78. The van der Waals surface area contributed by atoms with Crippen LogP contribution in [0.4, 0.5) is 0 Å². The molecular weight excluding hydrogens is 402 g/mol. The molecule has 0 rings (SSSR count). The molecule has 3 amide bonds. The molecule has 1 atom stereocenters. The van der Waals surface area contributed by atoms with Crippen LogP contribution in [0.1, 0.15) is 130 Å². The Bertz CT molecular complexity index is 483. The van der Waals surface area contributed by atoms with Gasteiger partial charge in [0.05, 0.1) is 0 Å². The van der Waals surface area contributed by atoms with Crippen LogP contribution in [0.15, 0.2) is 0 Å². The van der Waals surface area contributed by atoms with Gasteiger partial charge >= 0.3 is 0 Å². The summed E-state index contributed by atoms with van der Waals surface area (Å²) < 4.78 is 0. The van der Waals surface area contributed by atoms with E-state index >= 15 is 0 Å². The minimum Gasteiger partial charge on any atom is -0.356 e. The van der Waals surface area contributed by atoms with Crippen LogP contribution >= 0.6 is 0 Å². The van der Waals surface area contributed by atoms with E-state index in [1.807, 2.05) is 0 Å². The number of rotatable bonds is 22. The molecule has 0 aromatic rings. The van der Waals surface area contributed by atoms with E-state index in [9.17, 15) is 14.4 Å². The molecule has 6 heteroatoms. The van der Waals surface area contributed by atoms with Crippen molar-refractivity contribution in [3.05, 3.63) is 0 Å². The smallest absolute Gasteiger partial charge is 0.242 e. The lowest BCUT2D eigenvalue weighted by molar-refractivity contribution is -0.129. The first kappa shape index (κ1) is 30.4. The summed E-state index contributed by atoms with van der Waals surface area (Å²) in [6, 6.07) is -0.639. The zero-order chi connectivity index (χ0) is 23.9. The molecule has 0 radical (unpaired) electrons. The van der Waals surface area contributed by atoms with Crippen LogP contribution in [-0.4, -0.2) is 36.9 Å². The largest absolute Gasteiger partial charge is 0.356 e. The van der Waals surface area contributed by atoms with Crippen molar-refractivity contribution in [1.82, 2.24) is 16.0 Å². The second-order valence-corrected chi connectivity index (χ2v) is 8.94. The number of unbranched alkanes of at least 4 members (excludes halogenated alkanes) is 11. The molecular formula is C26H51N3O3. The van der Waals surface area contributed by atoms with Gasteiger partial charge in [-0.25, -0.2) is 0 Å². The summed E-state index contributed by atoms with van der Waals surface area (Å²) in [6.07, 6.45) is 17.1. The Morgan fingerprint density at radius 3 is 1.62 bits per heavy atom. The topological polar surface area (TPSA) is 87.3 Å². The maximum Gasteiger partial charge on any atom is 0.242 e. The summed E-state index contributed by atoms with van der Waals surface area (Å²) in [7, 11) is 0. The van der Waals surface area contributed by atoms with Crippen molar-refractivity contribution in [2.75, 3.05) is 13.1 Å². The van der Waals surface area contributed by atoms with Gasteiger partial charge in [0.25, 0.3) is 0 Å². The Hall–Kier alpha value is -1.59. The maximum absolute atomic E-state index is 12.5. The van der Waals surface area contributed by atoms with Gasteiger partial charge in [-0.15, -0.1) is 0 Å². The van der Waals surface area contributed by atoms with Crippen molar-refractivity contribution in [2.24, 2.45) is 0 Å². The lowest BCUT2D eigenvalue weighted by Crippen LogP contribution is -2.47. The van der Waals surface area contributed by atoms with Crippen LogP contribution in [0, 0.1) is 0 Å². The predicted octanol–water partition coefficient (Wildman–Crippen LogP) is 5.40. The molecule has 188 valence electrons. The third kappa shape index (κ3) is 19.1. The minimum absolute atomic E-state index is 0.0613. The van der Waals surface area contributed by atoms with E-state index < -0.39 is 6.04 Å². The van der Waals surface area contributed by atoms with Gasteiger partial charge in [-0.05, 0) is 25.7 Å². The SMILES string of the molecule is CCCCCCCCCCCCC(=O)N[C@@H](CCC(=O)NCCCC)C(=O)NCCCC. The molecule has 0 unspecified atom stereocenters. The highest BCUT2D eigenvalue weighted by atomic mass is 16.2. The zero-order valence-electron chi connectivity index (χ0n) is 21.2. The van der Waals surface area contributed by atoms with Gasteiger partial charge in [-0.2, -0.15) is 0 Å². The Labute approximate surface area is 197 Å². The number of hydrogen-bond donors (Lipinski definition) is 3. The average molecular weight is 454 g/mol. The monoisotopic (exact) mass is 453 g/mol. The zero-order valence-corrected chi connectivity index (χ0v) is 21.2. The van der Waals surface area contributed by atoms with E-state index in [0.29, 0.717) is 25.9 Å². The van der Waals surface area contributed by atoms with Crippen LogP contribution in [0.3, 0.4) is 0 Å². The molecule has 0 fully saturated rings. The number of hydrogen-bond acceptors (Lipinski definition) is 3. The summed E-state index contributed by atoms with van der Waals surface area (Å²) >= 11 is 0.